The molecule has 27 heavy (non-hydrogen) atoms. The maximum absolute atomic E-state index is 14.7. The minimum absolute atomic E-state index is 0.329. The number of benzene rings is 2. The average molecular weight is 373 g/mol. The van der Waals surface area contributed by atoms with Crippen LogP contribution in [0.4, 0.5) is 4.39 Å². The van der Waals surface area contributed by atoms with Crippen molar-refractivity contribution in [3.8, 4) is 11.5 Å². The number of ether oxygens (including phenoxy) is 2. The Kier molecular flexibility index (Phi) is 5.96. The third-order valence-electron chi connectivity index (χ3n) is 5.09. The molecular weight excluding hydrogens is 349 g/mol. The molecule has 2 aromatic rings. The van der Waals surface area contributed by atoms with Crippen LogP contribution in [0.25, 0.3) is 0 Å². The van der Waals surface area contributed by atoms with Crippen molar-refractivity contribution in [2.75, 3.05) is 27.3 Å². The second-order valence-electron chi connectivity index (χ2n) is 6.68. The molecule has 1 saturated heterocycles. The standard InChI is InChI=1S/C21H24FNO4/c1-26-18-11-5-9-16(20(18)27-2)19(15-8-3-4-10-17(15)22)23-12-6-7-14(13-23)21(24)25/h3-5,8-11,14,19H,6-7,12-13H2,1-2H3,(H,24,25). The number of piperidine rings is 1. The van der Waals surface area contributed by atoms with Crippen LogP contribution < -0.4 is 9.47 Å². The van der Waals surface area contributed by atoms with Crippen molar-refractivity contribution in [1.29, 1.82) is 0 Å². The number of para-hydroxylation sites is 1. The molecule has 0 aliphatic carbocycles. The van der Waals surface area contributed by atoms with Crippen molar-refractivity contribution in [1.82, 2.24) is 4.90 Å². The smallest absolute Gasteiger partial charge is 0.307 e. The van der Waals surface area contributed by atoms with Gasteiger partial charge in [0.05, 0.1) is 26.2 Å². The number of carbonyl (C=O) groups is 1. The first kappa shape index (κ1) is 19.2. The zero-order valence-electron chi connectivity index (χ0n) is 15.5. The van der Waals surface area contributed by atoms with Crippen molar-refractivity contribution in [3.05, 3.63) is 59.4 Å². The number of carboxylic acids is 1. The molecule has 1 N–H and O–H groups in total. The Morgan fingerprint density at radius 1 is 1.15 bits per heavy atom. The summed E-state index contributed by atoms with van der Waals surface area (Å²) >= 11 is 0. The van der Waals surface area contributed by atoms with E-state index in [0.29, 0.717) is 36.6 Å². The number of methoxy groups -OCH3 is 2. The summed E-state index contributed by atoms with van der Waals surface area (Å²) in [6, 6.07) is 11.6. The maximum atomic E-state index is 14.7. The highest BCUT2D eigenvalue weighted by Gasteiger charge is 2.34. The van der Waals surface area contributed by atoms with E-state index in [4.69, 9.17) is 9.47 Å². The number of carboxylic acid groups (broad SMARTS) is 1. The van der Waals surface area contributed by atoms with Crippen LogP contribution in [0.1, 0.15) is 30.0 Å². The molecule has 6 heteroatoms. The first-order valence-electron chi connectivity index (χ1n) is 8.99. The van der Waals surface area contributed by atoms with E-state index in [-0.39, 0.29) is 5.82 Å². The monoisotopic (exact) mass is 373 g/mol. The summed E-state index contributed by atoms with van der Waals surface area (Å²) in [4.78, 5) is 13.6. The molecule has 1 aliphatic heterocycles. The topological polar surface area (TPSA) is 59.0 Å². The van der Waals surface area contributed by atoms with Crippen LogP contribution in [-0.2, 0) is 4.79 Å². The first-order valence-corrected chi connectivity index (χ1v) is 8.99. The molecule has 0 bridgehead atoms. The Labute approximate surface area is 158 Å². The molecule has 2 atom stereocenters. The van der Waals surface area contributed by atoms with Crippen LogP contribution in [0.5, 0.6) is 11.5 Å². The summed E-state index contributed by atoms with van der Waals surface area (Å²) in [7, 11) is 3.11. The fourth-order valence-corrected chi connectivity index (χ4v) is 3.83. The molecule has 144 valence electrons. The Hall–Kier alpha value is -2.60. The van der Waals surface area contributed by atoms with E-state index < -0.39 is 17.9 Å². The molecule has 5 nitrogen and oxygen atoms in total. The van der Waals surface area contributed by atoms with Crippen LogP contribution in [0.2, 0.25) is 0 Å². The largest absolute Gasteiger partial charge is 0.493 e. The molecule has 1 heterocycles. The van der Waals surface area contributed by atoms with Gasteiger partial charge in [0.1, 0.15) is 5.82 Å². The third-order valence-corrected chi connectivity index (χ3v) is 5.09. The summed E-state index contributed by atoms with van der Waals surface area (Å²) in [6.45, 7) is 1.04. The summed E-state index contributed by atoms with van der Waals surface area (Å²) in [5.74, 6) is -0.520. The van der Waals surface area contributed by atoms with Crippen LogP contribution in [0.3, 0.4) is 0 Å². The van der Waals surface area contributed by atoms with Crippen molar-refractivity contribution >= 4 is 5.97 Å². The summed E-state index contributed by atoms with van der Waals surface area (Å²) in [5.41, 5.74) is 1.25. The van der Waals surface area contributed by atoms with Gasteiger partial charge in [-0.2, -0.15) is 0 Å². The zero-order valence-corrected chi connectivity index (χ0v) is 15.5. The Balaban J connectivity index is 2.12. The molecule has 0 aromatic heterocycles. The second-order valence-corrected chi connectivity index (χ2v) is 6.68. The minimum atomic E-state index is -0.815. The number of halogens is 1. The lowest BCUT2D eigenvalue weighted by Gasteiger charge is -2.38. The lowest BCUT2D eigenvalue weighted by Crippen LogP contribution is -2.41. The van der Waals surface area contributed by atoms with Gasteiger partial charge in [-0.15, -0.1) is 0 Å². The Morgan fingerprint density at radius 2 is 1.89 bits per heavy atom. The summed E-state index contributed by atoms with van der Waals surface area (Å²) in [6.07, 6.45) is 1.37. The van der Waals surface area contributed by atoms with Gasteiger partial charge in [0.15, 0.2) is 11.5 Å². The van der Waals surface area contributed by atoms with Gasteiger partial charge < -0.3 is 14.6 Å². The highest BCUT2D eigenvalue weighted by Crippen LogP contribution is 2.42. The van der Waals surface area contributed by atoms with E-state index in [1.165, 1.54) is 6.07 Å². The predicted octanol–water partition coefficient (Wildman–Crippen LogP) is 3.73. The quantitative estimate of drug-likeness (QED) is 0.836. The highest BCUT2D eigenvalue weighted by molar-refractivity contribution is 5.70. The van der Waals surface area contributed by atoms with E-state index in [2.05, 4.69) is 0 Å². The Morgan fingerprint density at radius 3 is 2.56 bits per heavy atom. The number of hydrogen-bond acceptors (Lipinski definition) is 4. The first-order chi connectivity index (χ1) is 13.1. The van der Waals surface area contributed by atoms with Crippen LogP contribution in [0, 0.1) is 11.7 Å². The molecule has 1 aliphatic rings. The van der Waals surface area contributed by atoms with Gasteiger partial charge in [0.2, 0.25) is 0 Å². The van der Waals surface area contributed by atoms with Crippen LogP contribution in [0.15, 0.2) is 42.5 Å². The SMILES string of the molecule is COc1cccc(C(c2ccccc2F)N2CCCC(C(=O)O)C2)c1OC. The van der Waals surface area contributed by atoms with Gasteiger partial charge in [-0.05, 0) is 31.5 Å². The number of rotatable bonds is 6. The van der Waals surface area contributed by atoms with Gasteiger partial charge >= 0.3 is 5.97 Å². The van der Waals surface area contributed by atoms with E-state index in [9.17, 15) is 14.3 Å². The van der Waals surface area contributed by atoms with Crippen molar-refractivity contribution in [3.63, 3.8) is 0 Å². The van der Waals surface area contributed by atoms with Crippen molar-refractivity contribution in [2.45, 2.75) is 18.9 Å². The normalized spacial score (nSPS) is 18.7. The van der Waals surface area contributed by atoms with Crippen molar-refractivity contribution < 1.29 is 23.8 Å². The van der Waals surface area contributed by atoms with Crippen LogP contribution >= 0.6 is 0 Å². The minimum Gasteiger partial charge on any atom is -0.493 e. The average Bonchev–Trinajstić information content (AvgIpc) is 2.69. The fraction of sp³-hybridized carbons (Fsp3) is 0.381. The second kappa shape index (κ2) is 8.39. The molecule has 0 spiro atoms. The molecule has 0 radical (unpaired) electrons. The summed E-state index contributed by atoms with van der Waals surface area (Å²) in [5, 5.41) is 9.47. The van der Waals surface area contributed by atoms with Gasteiger partial charge in [0.25, 0.3) is 0 Å². The van der Waals surface area contributed by atoms with E-state index in [1.54, 1.807) is 38.5 Å². The number of nitrogens with zero attached hydrogens (tertiary/aromatic N) is 1. The third kappa shape index (κ3) is 3.90. The maximum Gasteiger partial charge on any atom is 0.307 e. The van der Waals surface area contributed by atoms with E-state index in [1.807, 2.05) is 17.0 Å². The van der Waals surface area contributed by atoms with E-state index in [0.717, 1.165) is 12.0 Å². The summed E-state index contributed by atoms with van der Waals surface area (Å²) < 4.78 is 25.7. The van der Waals surface area contributed by atoms with Gasteiger partial charge in [-0.1, -0.05) is 30.3 Å². The molecule has 1 fully saturated rings. The number of likely N-dealkylation sites (tertiary alicyclic amines) is 1. The van der Waals surface area contributed by atoms with E-state index >= 15 is 0 Å². The molecule has 3 rings (SSSR count). The molecule has 0 saturated carbocycles. The lowest BCUT2D eigenvalue weighted by molar-refractivity contribution is -0.143. The number of hydrogen-bond donors (Lipinski definition) is 1. The van der Waals surface area contributed by atoms with Gasteiger partial charge in [0, 0.05) is 17.7 Å². The van der Waals surface area contributed by atoms with Crippen molar-refractivity contribution in [2.24, 2.45) is 5.92 Å². The van der Waals surface area contributed by atoms with Gasteiger partial charge in [-0.3, -0.25) is 9.69 Å². The predicted molar refractivity (Wildman–Crippen MR) is 99.7 cm³/mol. The molecule has 2 aromatic carbocycles. The zero-order chi connectivity index (χ0) is 19.4. The Bertz CT molecular complexity index is 811. The number of aliphatic carboxylic acids is 1. The van der Waals surface area contributed by atoms with Gasteiger partial charge in [-0.25, -0.2) is 4.39 Å². The highest BCUT2D eigenvalue weighted by atomic mass is 19.1. The van der Waals surface area contributed by atoms with Crippen LogP contribution in [-0.4, -0.2) is 43.3 Å². The fourth-order valence-electron chi connectivity index (χ4n) is 3.83. The molecule has 2 unspecified atom stereocenters. The molecular formula is C21H24FNO4. The molecule has 0 amide bonds. The lowest BCUT2D eigenvalue weighted by atomic mass is 9.90.